The third kappa shape index (κ3) is 3.14. The molecule has 0 spiro atoms. The van der Waals surface area contributed by atoms with Crippen LogP contribution in [0.5, 0.6) is 0 Å². The molecule has 0 aromatic carbocycles. The van der Waals surface area contributed by atoms with Gasteiger partial charge in [0.25, 0.3) is 0 Å². The van der Waals surface area contributed by atoms with Crippen LogP contribution in [0.1, 0.15) is 99.3 Å². The summed E-state index contributed by atoms with van der Waals surface area (Å²) >= 11 is 0. The van der Waals surface area contributed by atoms with E-state index in [1.807, 2.05) is 6.92 Å². The van der Waals surface area contributed by atoms with E-state index >= 15 is 0 Å². The molecule has 10 atom stereocenters. The van der Waals surface area contributed by atoms with Crippen molar-refractivity contribution in [2.45, 2.75) is 112 Å². The van der Waals surface area contributed by atoms with Crippen molar-refractivity contribution in [1.29, 1.82) is 0 Å². The van der Waals surface area contributed by atoms with Gasteiger partial charge in [-0.2, -0.15) is 0 Å². The Balaban J connectivity index is 1.61. The van der Waals surface area contributed by atoms with Crippen LogP contribution in [0.2, 0.25) is 0 Å². The van der Waals surface area contributed by atoms with Gasteiger partial charge in [0.2, 0.25) is 0 Å². The van der Waals surface area contributed by atoms with Crippen LogP contribution < -0.4 is 0 Å². The fourth-order valence-electron chi connectivity index (χ4n) is 11.0. The topological polar surface area (TPSA) is 87.0 Å². The number of aliphatic hydroxyl groups excluding tert-OH is 3. The molecule has 5 nitrogen and oxygen atoms in total. The van der Waals surface area contributed by atoms with Crippen LogP contribution in [-0.4, -0.2) is 47.2 Å². The molecule has 0 aliphatic heterocycles. The number of aliphatic hydroxyl groups is 3. The summed E-state index contributed by atoms with van der Waals surface area (Å²) in [6, 6.07) is 0. The second kappa shape index (κ2) is 8.05. The third-order valence-corrected chi connectivity index (χ3v) is 13.3. The minimum Gasteiger partial charge on any atom is -0.469 e. The summed E-state index contributed by atoms with van der Waals surface area (Å²) in [7, 11) is 1.55. The van der Waals surface area contributed by atoms with E-state index in [0.717, 1.165) is 51.4 Å². The average Bonchev–Trinajstić information content (AvgIpc) is 2.82. The molecule has 4 saturated carbocycles. The van der Waals surface area contributed by atoms with Gasteiger partial charge in [-0.05, 0) is 97.2 Å². The Morgan fingerprint density at radius 2 is 1.64 bits per heavy atom. The normalized spacial score (nSPS) is 53.7. The number of ether oxygens (including phenoxy) is 1. The van der Waals surface area contributed by atoms with Crippen molar-refractivity contribution in [3.63, 3.8) is 0 Å². The zero-order chi connectivity index (χ0) is 26.5. The Kier molecular flexibility index (Phi) is 5.97. The van der Waals surface area contributed by atoms with Crippen LogP contribution in [0.25, 0.3) is 0 Å². The smallest absolute Gasteiger partial charge is 0.312 e. The molecule has 4 fully saturated rings. The Morgan fingerprint density at radius 1 is 0.972 bits per heavy atom. The van der Waals surface area contributed by atoms with Gasteiger partial charge in [-0.1, -0.05) is 53.2 Å². The van der Waals surface area contributed by atoms with Crippen molar-refractivity contribution in [3.05, 3.63) is 11.6 Å². The Bertz CT molecular complexity index is 957. The van der Waals surface area contributed by atoms with Gasteiger partial charge < -0.3 is 20.1 Å². The van der Waals surface area contributed by atoms with Crippen LogP contribution in [-0.2, 0) is 9.53 Å². The monoisotopic (exact) mass is 502 g/mol. The number of rotatable bonds is 2. The number of carbonyl (C=O) groups excluding carboxylic acids is 1. The first kappa shape index (κ1) is 26.7. The molecule has 3 N–H and O–H groups in total. The number of hydrogen-bond acceptors (Lipinski definition) is 5. The largest absolute Gasteiger partial charge is 0.469 e. The highest BCUT2D eigenvalue weighted by Gasteiger charge is 2.70. The number of carbonyl (C=O) groups is 1. The first-order chi connectivity index (χ1) is 16.7. The van der Waals surface area contributed by atoms with Crippen LogP contribution in [0, 0.1) is 50.2 Å². The predicted molar refractivity (Wildman–Crippen MR) is 140 cm³/mol. The number of hydrogen-bond donors (Lipinski definition) is 3. The standard InChI is InChI=1S/C31H50O5/c1-26(2)12-14-31(25(35)36-7)15-13-29(5)19(20(31)16-26)8-9-23-27(3)17-21(33)24(34)28(4,18-32)22(27)10-11-30(23,29)6/h8,20-24,32-34H,9-18H2,1-7H3/t20-,21+,22+,23+,24-,27-,28-,29+,30+,31-/m0/s1. The van der Waals surface area contributed by atoms with Crippen LogP contribution in [0.15, 0.2) is 11.6 Å². The molecule has 36 heavy (non-hydrogen) atoms. The molecule has 0 aromatic heterocycles. The molecule has 0 saturated heterocycles. The van der Waals surface area contributed by atoms with Gasteiger partial charge in [-0.3, -0.25) is 4.79 Å². The van der Waals surface area contributed by atoms with Crippen molar-refractivity contribution < 1.29 is 24.9 Å². The SMILES string of the molecule is COC(=O)[C@]12CCC(C)(C)C[C@H]1C1=CC[C@@H]3[C@@]4(C)C[C@@H](O)[C@H](O)[C@@](C)(CO)[C@@H]4CC[C@@]3(C)[C@]1(C)CC2. The van der Waals surface area contributed by atoms with Crippen molar-refractivity contribution in [3.8, 4) is 0 Å². The highest BCUT2D eigenvalue weighted by molar-refractivity contribution is 5.78. The van der Waals surface area contributed by atoms with Gasteiger partial charge in [-0.25, -0.2) is 0 Å². The van der Waals surface area contributed by atoms with Crippen molar-refractivity contribution >= 4 is 5.97 Å². The summed E-state index contributed by atoms with van der Waals surface area (Å²) in [5, 5.41) is 32.4. The average molecular weight is 503 g/mol. The maximum atomic E-state index is 13.4. The van der Waals surface area contributed by atoms with E-state index in [1.165, 1.54) is 5.57 Å². The van der Waals surface area contributed by atoms with Gasteiger partial charge in [0.05, 0.1) is 31.3 Å². The maximum absolute atomic E-state index is 13.4. The summed E-state index contributed by atoms with van der Waals surface area (Å²) in [6.07, 6.45) is 9.16. The van der Waals surface area contributed by atoms with Crippen molar-refractivity contribution in [2.75, 3.05) is 13.7 Å². The maximum Gasteiger partial charge on any atom is 0.312 e. The number of allylic oxidation sites excluding steroid dienone is 2. The minimum atomic E-state index is -0.893. The van der Waals surface area contributed by atoms with Crippen LogP contribution in [0.3, 0.4) is 0 Å². The highest BCUT2D eigenvalue weighted by atomic mass is 16.5. The number of fused-ring (bicyclic) bond motifs is 7. The molecule has 0 amide bonds. The Hall–Kier alpha value is -0.910. The first-order valence-corrected chi connectivity index (χ1v) is 14.4. The lowest BCUT2D eigenvalue weighted by molar-refractivity contribution is -0.243. The molecule has 5 rings (SSSR count). The predicted octanol–water partition coefficient (Wildman–Crippen LogP) is 5.27. The molecule has 5 aliphatic carbocycles. The van der Waals surface area contributed by atoms with Crippen LogP contribution >= 0.6 is 0 Å². The van der Waals surface area contributed by atoms with Gasteiger partial charge >= 0.3 is 5.97 Å². The van der Waals surface area contributed by atoms with E-state index in [2.05, 4.69) is 40.7 Å². The third-order valence-electron chi connectivity index (χ3n) is 13.3. The van der Waals surface area contributed by atoms with Gasteiger partial charge in [0.15, 0.2) is 0 Å². The lowest BCUT2D eigenvalue weighted by atomic mass is 9.33. The summed E-state index contributed by atoms with van der Waals surface area (Å²) in [6.45, 7) is 13.9. The molecule has 5 aliphatic rings. The van der Waals surface area contributed by atoms with E-state index < -0.39 is 23.0 Å². The van der Waals surface area contributed by atoms with E-state index in [0.29, 0.717) is 12.3 Å². The summed E-state index contributed by atoms with van der Waals surface area (Å²) in [5.74, 6) is 0.721. The second-order valence-corrected chi connectivity index (χ2v) is 15.2. The van der Waals surface area contributed by atoms with Crippen molar-refractivity contribution in [2.24, 2.45) is 50.2 Å². The lowest BCUT2D eigenvalue weighted by Crippen LogP contribution is -2.68. The minimum absolute atomic E-state index is 0.0167. The van der Waals surface area contributed by atoms with Crippen molar-refractivity contribution in [1.82, 2.24) is 0 Å². The molecule has 5 heteroatoms. The molecule has 0 aromatic rings. The molecule has 0 bridgehead atoms. The molecular formula is C31H50O5. The van der Waals surface area contributed by atoms with Crippen LogP contribution in [0.4, 0.5) is 0 Å². The Labute approximate surface area is 218 Å². The first-order valence-electron chi connectivity index (χ1n) is 14.4. The summed E-state index contributed by atoms with van der Waals surface area (Å²) in [5.41, 5.74) is 0.445. The molecule has 0 heterocycles. The van der Waals surface area contributed by atoms with E-state index in [9.17, 15) is 20.1 Å². The summed E-state index contributed by atoms with van der Waals surface area (Å²) in [4.78, 5) is 13.4. The molecule has 204 valence electrons. The zero-order valence-electron chi connectivity index (χ0n) is 23.7. The molecular weight excluding hydrogens is 452 g/mol. The van der Waals surface area contributed by atoms with Gasteiger partial charge in [-0.15, -0.1) is 0 Å². The van der Waals surface area contributed by atoms with E-state index in [-0.39, 0.29) is 46.1 Å². The lowest BCUT2D eigenvalue weighted by Gasteiger charge is -2.71. The van der Waals surface area contributed by atoms with E-state index in [4.69, 9.17) is 4.74 Å². The number of esters is 1. The Morgan fingerprint density at radius 3 is 2.28 bits per heavy atom. The number of methoxy groups -OCH3 is 1. The fourth-order valence-corrected chi connectivity index (χ4v) is 11.0. The van der Waals surface area contributed by atoms with Gasteiger partial charge in [0.1, 0.15) is 0 Å². The second-order valence-electron chi connectivity index (χ2n) is 15.2. The zero-order valence-corrected chi connectivity index (χ0v) is 23.7. The van der Waals surface area contributed by atoms with Gasteiger partial charge in [0, 0.05) is 5.41 Å². The highest BCUT2D eigenvalue weighted by Crippen LogP contribution is 2.75. The fraction of sp³-hybridized carbons (Fsp3) is 0.903. The van der Waals surface area contributed by atoms with E-state index in [1.54, 1.807) is 7.11 Å². The molecule has 0 unspecified atom stereocenters. The quantitative estimate of drug-likeness (QED) is 0.354. The summed E-state index contributed by atoms with van der Waals surface area (Å²) < 4.78 is 5.47. The molecule has 0 radical (unpaired) electrons.